The molecule has 0 unspecified atom stereocenters. The molecule has 0 amide bonds. The van der Waals surface area contributed by atoms with Crippen molar-refractivity contribution in [3.05, 3.63) is 34.5 Å². The molecule has 1 heterocycles. The Hall–Kier alpha value is -2.70. The van der Waals surface area contributed by atoms with Crippen molar-refractivity contribution < 1.29 is 34.1 Å². The van der Waals surface area contributed by atoms with E-state index < -0.39 is 51.7 Å². The molecule has 28 heavy (non-hydrogen) atoms. The minimum Gasteiger partial charge on any atom is -0.511 e. The molecule has 0 aromatic heterocycles. The van der Waals surface area contributed by atoms with Crippen molar-refractivity contribution in [2.75, 3.05) is 0 Å². The summed E-state index contributed by atoms with van der Waals surface area (Å²) in [6, 6.07) is 0. The molecule has 0 fully saturated rings. The summed E-state index contributed by atoms with van der Waals surface area (Å²) in [6.07, 6.45) is 2.57. The van der Waals surface area contributed by atoms with Gasteiger partial charge in [-0.2, -0.15) is 0 Å². The van der Waals surface area contributed by atoms with Crippen LogP contribution < -0.4 is 0 Å². The maximum atomic E-state index is 12.7. The standard InChI is InChI=1S/C21H26O7/c1-5-7-11-9-15(23)12(20(27)28-11)10-13-17(24)16(14(22)8-6-2)19(26)21(3,4)18(13)25/h9,12,24-25H,5-8,10H2,1-4H3/t12-/m1/s1. The summed E-state index contributed by atoms with van der Waals surface area (Å²) in [7, 11) is 0. The van der Waals surface area contributed by atoms with Gasteiger partial charge in [0.25, 0.3) is 0 Å². The van der Waals surface area contributed by atoms with Crippen molar-refractivity contribution in [3.63, 3.8) is 0 Å². The molecule has 7 heteroatoms. The number of hydrogen-bond acceptors (Lipinski definition) is 7. The van der Waals surface area contributed by atoms with Gasteiger partial charge in [0.2, 0.25) is 0 Å². The number of ether oxygens (including phenoxy) is 1. The fourth-order valence-electron chi connectivity index (χ4n) is 3.33. The average Bonchev–Trinajstić information content (AvgIpc) is 2.60. The van der Waals surface area contributed by atoms with Crippen LogP contribution in [-0.2, 0) is 23.9 Å². The first kappa shape index (κ1) is 21.6. The zero-order chi connectivity index (χ0) is 21.2. The van der Waals surface area contributed by atoms with Gasteiger partial charge < -0.3 is 14.9 Å². The molecule has 2 aliphatic rings. The quantitative estimate of drug-likeness (QED) is 0.388. The maximum absolute atomic E-state index is 12.7. The molecule has 1 aliphatic heterocycles. The first-order valence-corrected chi connectivity index (χ1v) is 9.46. The second-order valence-corrected chi connectivity index (χ2v) is 7.62. The van der Waals surface area contributed by atoms with Gasteiger partial charge in [0, 0.05) is 30.9 Å². The summed E-state index contributed by atoms with van der Waals surface area (Å²) in [5.41, 5.74) is -1.99. The smallest absolute Gasteiger partial charge is 0.322 e. The van der Waals surface area contributed by atoms with Gasteiger partial charge >= 0.3 is 5.97 Å². The first-order valence-electron chi connectivity index (χ1n) is 9.46. The summed E-state index contributed by atoms with van der Waals surface area (Å²) >= 11 is 0. The lowest BCUT2D eigenvalue weighted by Gasteiger charge is -2.32. The summed E-state index contributed by atoms with van der Waals surface area (Å²) in [5.74, 6) is -4.59. The first-order chi connectivity index (χ1) is 13.1. The van der Waals surface area contributed by atoms with Gasteiger partial charge in [-0.3, -0.25) is 19.2 Å². The molecule has 0 spiro atoms. The van der Waals surface area contributed by atoms with Crippen molar-refractivity contribution >= 4 is 23.3 Å². The Balaban J connectivity index is 2.46. The second-order valence-electron chi connectivity index (χ2n) is 7.62. The van der Waals surface area contributed by atoms with Crippen molar-refractivity contribution in [1.82, 2.24) is 0 Å². The normalized spacial score (nSPS) is 22.4. The lowest BCUT2D eigenvalue weighted by atomic mass is 9.72. The van der Waals surface area contributed by atoms with E-state index in [0.29, 0.717) is 19.3 Å². The van der Waals surface area contributed by atoms with E-state index in [1.165, 1.54) is 19.9 Å². The number of hydrogen-bond donors (Lipinski definition) is 2. The number of rotatable bonds is 7. The number of ketones is 3. The molecule has 0 aromatic rings. The second kappa shape index (κ2) is 8.12. The van der Waals surface area contributed by atoms with E-state index in [2.05, 4.69) is 0 Å². The predicted octanol–water partition coefficient (Wildman–Crippen LogP) is 3.40. The highest BCUT2D eigenvalue weighted by atomic mass is 16.5. The monoisotopic (exact) mass is 390 g/mol. The maximum Gasteiger partial charge on any atom is 0.322 e. The van der Waals surface area contributed by atoms with Crippen molar-refractivity contribution in [1.29, 1.82) is 0 Å². The molecular formula is C21H26O7. The van der Waals surface area contributed by atoms with Crippen LogP contribution in [0.25, 0.3) is 0 Å². The zero-order valence-electron chi connectivity index (χ0n) is 16.6. The van der Waals surface area contributed by atoms with Crippen LogP contribution in [0.3, 0.4) is 0 Å². The zero-order valence-corrected chi connectivity index (χ0v) is 16.6. The van der Waals surface area contributed by atoms with Crippen LogP contribution in [0, 0.1) is 11.3 Å². The van der Waals surface area contributed by atoms with Crippen LogP contribution in [0.5, 0.6) is 0 Å². The van der Waals surface area contributed by atoms with E-state index >= 15 is 0 Å². The van der Waals surface area contributed by atoms with Gasteiger partial charge in [-0.15, -0.1) is 0 Å². The lowest BCUT2D eigenvalue weighted by Crippen LogP contribution is -2.38. The average molecular weight is 390 g/mol. The third-order valence-electron chi connectivity index (χ3n) is 5.02. The van der Waals surface area contributed by atoms with Crippen molar-refractivity contribution in [2.24, 2.45) is 11.3 Å². The molecule has 0 saturated heterocycles. The van der Waals surface area contributed by atoms with Crippen LogP contribution in [0.4, 0.5) is 0 Å². The van der Waals surface area contributed by atoms with E-state index in [0.717, 1.165) is 0 Å². The van der Waals surface area contributed by atoms with E-state index in [9.17, 15) is 29.4 Å². The molecule has 0 bridgehead atoms. The molecule has 1 atom stereocenters. The number of esters is 1. The van der Waals surface area contributed by atoms with Crippen LogP contribution in [0.15, 0.2) is 34.5 Å². The Bertz CT molecular complexity index is 824. The van der Waals surface area contributed by atoms with Crippen molar-refractivity contribution in [2.45, 2.75) is 59.8 Å². The number of carbonyl (C=O) groups is 4. The lowest BCUT2D eigenvalue weighted by molar-refractivity contribution is -0.149. The van der Waals surface area contributed by atoms with Gasteiger partial charge in [-0.25, -0.2) is 0 Å². The Morgan fingerprint density at radius 2 is 1.79 bits per heavy atom. The summed E-state index contributed by atoms with van der Waals surface area (Å²) in [4.78, 5) is 49.8. The van der Waals surface area contributed by atoms with Crippen LogP contribution in [-0.4, -0.2) is 33.5 Å². The van der Waals surface area contributed by atoms with Gasteiger partial charge in [-0.1, -0.05) is 13.8 Å². The van der Waals surface area contributed by atoms with Gasteiger partial charge in [0.15, 0.2) is 17.3 Å². The minimum atomic E-state index is -1.45. The number of cyclic esters (lactones) is 1. The number of carbonyl (C=O) groups excluding carboxylic acids is 4. The molecule has 2 rings (SSSR count). The van der Waals surface area contributed by atoms with Gasteiger partial charge in [-0.05, 0) is 26.7 Å². The summed E-state index contributed by atoms with van der Waals surface area (Å²) in [5, 5.41) is 21.2. The minimum absolute atomic E-state index is 0.0583. The van der Waals surface area contributed by atoms with Crippen LogP contribution in [0.1, 0.15) is 59.8 Å². The molecule has 7 nitrogen and oxygen atoms in total. The van der Waals surface area contributed by atoms with Gasteiger partial charge in [0.1, 0.15) is 28.8 Å². The Labute approximate surface area is 163 Å². The highest BCUT2D eigenvalue weighted by Gasteiger charge is 2.46. The highest BCUT2D eigenvalue weighted by molar-refractivity contribution is 6.24. The number of allylic oxidation sites excluding steroid dienone is 5. The van der Waals surface area contributed by atoms with Gasteiger partial charge in [0.05, 0.1) is 5.41 Å². The number of Topliss-reactive ketones (excluding diaryl/α,β-unsaturated/α-hetero) is 2. The fraction of sp³-hybridized carbons (Fsp3) is 0.524. The van der Waals surface area contributed by atoms with Crippen molar-refractivity contribution in [3.8, 4) is 0 Å². The molecule has 0 saturated carbocycles. The van der Waals surface area contributed by atoms with E-state index in [-0.39, 0.29) is 24.2 Å². The number of aliphatic hydroxyl groups excluding tert-OH is 2. The Morgan fingerprint density at radius 1 is 1.14 bits per heavy atom. The molecular weight excluding hydrogens is 364 g/mol. The molecule has 1 aliphatic carbocycles. The largest absolute Gasteiger partial charge is 0.511 e. The van der Waals surface area contributed by atoms with Crippen LogP contribution in [0.2, 0.25) is 0 Å². The SMILES string of the molecule is CCCC(=O)C1=C(O)C(C[C@@H]2C(=O)C=C(CCC)OC2=O)=C(O)C(C)(C)C1=O. The third kappa shape index (κ3) is 3.79. The van der Waals surface area contributed by atoms with E-state index in [1.54, 1.807) is 6.92 Å². The molecule has 0 aromatic carbocycles. The predicted molar refractivity (Wildman–Crippen MR) is 100 cm³/mol. The molecule has 2 N–H and O–H groups in total. The Morgan fingerprint density at radius 3 is 2.32 bits per heavy atom. The summed E-state index contributed by atoms with van der Waals surface area (Å²) < 4.78 is 5.17. The molecule has 152 valence electrons. The topological polar surface area (TPSA) is 118 Å². The summed E-state index contributed by atoms with van der Waals surface area (Å²) in [6.45, 7) is 6.50. The third-order valence-corrected chi connectivity index (χ3v) is 5.02. The van der Waals surface area contributed by atoms with Crippen LogP contribution >= 0.6 is 0 Å². The van der Waals surface area contributed by atoms with E-state index in [1.807, 2.05) is 6.92 Å². The highest BCUT2D eigenvalue weighted by Crippen LogP contribution is 2.42. The van der Waals surface area contributed by atoms with E-state index in [4.69, 9.17) is 4.74 Å². The number of aliphatic hydroxyl groups is 2. The Kier molecular flexibility index (Phi) is 6.27. The molecule has 0 radical (unpaired) electrons. The fourth-order valence-corrected chi connectivity index (χ4v) is 3.33.